The van der Waals surface area contributed by atoms with E-state index in [-0.39, 0.29) is 12.2 Å². The second kappa shape index (κ2) is 8.76. The first-order valence-electron chi connectivity index (χ1n) is 9.72. The topological polar surface area (TPSA) is 55.7 Å². The molecule has 0 radical (unpaired) electrons. The van der Waals surface area contributed by atoms with Gasteiger partial charge in [-0.3, -0.25) is 4.57 Å². The predicted molar refractivity (Wildman–Crippen MR) is 108 cm³/mol. The first-order chi connectivity index (χ1) is 13.0. The summed E-state index contributed by atoms with van der Waals surface area (Å²) in [5.41, 5.74) is 1.99. The monoisotopic (exact) mass is 373 g/mol. The SMILES string of the molecule is CNC1CCC(OC(=O)n2cc(CCN(C)C)c3ccc(OC)cc32)CC1. The minimum atomic E-state index is -0.294. The van der Waals surface area contributed by atoms with Crippen LogP contribution in [0.2, 0.25) is 0 Å². The Hall–Kier alpha value is -2.05. The third kappa shape index (κ3) is 4.62. The minimum Gasteiger partial charge on any atom is -0.497 e. The van der Waals surface area contributed by atoms with E-state index < -0.39 is 0 Å². The molecule has 0 unspecified atom stereocenters. The highest BCUT2D eigenvalue weighted by Crippen LogP contribution is 2.28. The van der Waals surface area contributed by atoms with Gasteiger partial charge in [0.05, 0.1) is 12.6 Å². The second-order valence-corrected chi connectivity index (χ2v) is 7.61. The molecule has 6 heteroatoms. The van der Waals surface area contributed by atoms with E-state index in [1.807, 2.05) is 31.4 Å². The van der Waals surface area contributed by atoms with Crippen LogP contribution in [0.5, 0.6) is 5.75 Å². The Balaban J connectivity index is 1.82. The molecular formula is C21H31N3O3. The van der Waals surface area contributed by atoms with Crippen molar-refractivity contribution < 1.29 is 14.3 Å². The molecule has 27 heavy (non-hydrogen) atoms. The van der Waals surface area contributed by atoms with Gasteiger partial charge in [-0.1, -0.05) is 0 Å². The lowest BCUT2D eigenvalue weighted by Gasteiger charge is -2.28. The Morgan fingerprint density at radius 1 is 1.26 bits per heavy atom. The van der Waals surface area contributed by atoms with E-state index in [2.05, 4.69) is 24.3 Å². The number of likely N-dealkylation sites (N-methyl/N-ethyl adjacent to an activating group) is 1. The second-order valence-electron chi connectivity index (χ2n) is 7.61. The minimum absolute atomic E-state index is 0.00428. The summed E-state index contributed by atoms with van der Waals surface area (Å²) >= 11 is 0. The van der Waals surface area contributed by atoms with Gasteiger partial charge in [-0.2, -0.15) is 0 Å². The van der Waals surface area contributed by atoms with Gasteiger partial charge in [-0.25, -0.2) is 4.79 Å². The molecule has 1 aromatic carbocycles. The smallest absolute Gasteiger partial charge is 0.418 e. The number of ether oxygens (including phenoxy) is 2. The van der Waals surface area contributed by atoms with E-state index in [9.17, 15) is 4.79 Å². The summed E-state index contributed by atoms with van der Waals surface area (Å²) in [5, 5.41) is 4.39. The first-order valence-corrected chi connectivity index (χ1v) is 9.72. The lowest BCUT2D eigenvalue weighted by molar-refractivity contribution is 0.0712. The van der Waals surface area contributed by atoms with Crippen molar-refractivity contribution in [3.05, 3.63) is 30.0 Å². The van der Waals surface area contributed by atoms with Gasteiger partial charge in [0.15, 0.2) is 0 Å². The highest BCUT2D eigenvalue weighted by Gasteiger charge is 2.24. The summed E-state index contributed by atoms with van der Waals surface area (Å²) in [5.74, 6) is 0.739. The van der Waals surface area contributed by atoms with E-state index in [4.69, 9.17) is 9.47 Å². The zero-order valence-electron chi connectivity index (χ0n) is 16.8. The molecule has 1 N–H and O–H groups in total. The molecule has 1 saturated carbocycles. The number of carbonyl (C=O) groups is 1. The molecule has 1 heterocycles. The Morgan fingerprint density at radius 2 is 2.00 bits per heavy atom. The lowest BCUT2D eigenvalue weighted by Crippen LogP contribution is -2.34. The number of nitrogens with zero attached hydrogens (tertiary/aromatic N) is 2. The number of hydrogen-bond acceptors (Lipinski definition) is 5. The van der Waals surface area contributed by atoms with Gasteiger partial charge >= 0.3 is 6.09 Å². The van der Waals surface area contributed by atoms with Crippen molar-refractivity contribution in [1.82, 2.24) is 14.8 Å². The fourth-order valence-electron chi connectivity index (χ4n) is 3.77. The van der Waals surface area contributed by atoms with E-state index in [1.165, 1.54) is 0 Å². The van der Waals surface area contributed by atoms with Crippen LogP contribution >= 0.6 is 0 Å². The van der Waals surface area contributed by atoms with Crippen molar-refractivity contribution in [3.63, 3.8) is 0 Å². The van der Waals surface area contributed by atoms with E-state index in [0.29, 0.717) is 6.04 Å². The van der Waals surface area contributed by atoms with Crippen molar-refractivity contribution in [2.24, 2.45) is 0 Å². The maximum atomic E-state index is 12.9. The number of benzene rings is 1. The first kappa shape index (κ1) is 19.7. The van der Waals surface area contributed by atoms with Crippen LogP contribution in [0.25, 0.3) is 10.9 Å². The largest absolute Gasteiger partial charge is 0.497 e. The average molecular weight is 373 g/mol. The fraction of sp³-hybridized carbons (Fsp3) is 0.571. The van der Waals surface area contributed by atoms with Crippen LogP contribution in [0.15, 0.2) is 24.4 Å². The summed E-state index contributed by atoms with van der Waals surface area (Å²) in [7, 11) is 7.74. The van der Waals surface area contributed by atoms with Crippen LogP contribution in [0.4, 0.5) is 4.79 Å². The molecule has 0 aliphatic heterocycles. The summed E-state index contributed by atoms with van der Waals surface area (Å²) in [4.78, 5) is 15.0. The van der Waals surface area contributed by atoms with Crippen LogP contribution in [0.1, 0.15) is 31.2 Å². The fourth-order valence-corrected chi connectivity index (χ4v) is 3.77. The van der Waals surface area contributed by atoms with Crippen molar-refractivity contribution in [2.75, 3.05) is 34.8 Å². The maximum absolute atomic E-state index is 12.9. The van der Waals surface area contributed by atoms with E-state index in [1.54, 1.807) is 11.7 Å². The number of fused-ring (bicyclic) bond motifs is 1. The molecule has 0 atom stereocenters. The molecular weight excluding hydrogens is 342 g/mol. The lowest BCUT2D eigenvalue weighted by atomic mass is 9.93. The normalized spacial score (nSPS) is 20.2. The zero-order valence-corrected chi connectivity index (χ0v) is 16.8. The van der Waals surface area contributed by atoms with Gasteiger partial charge in [0.25, 0.3) is 0 Å². The van der Waals surface area contributed by atoms with Crippen LogP contribution in [-0.2, 0) is 11.2 Å². The van der Waals surface area contributed by atoms with Crippen molar-refractivity contribution in [2.45, 2.75) is 44.2 Å². The molecule has 1 aliphatic rings. The zero-order chi connectivity index (χ0) is 19.4. The molecule has 0 saturated heterocycles. The third-order valence-electron chi connectivity index (χ3n) is 5.47. The molecule has 0 bridgehead atoms. The van der Waals surface area contributed by atoms with Gasteiger partial charge in [-0.15, -0.1) is 0 Å². The number of methoxy groups -OCH3 is 1. The molecule has 1 aliphatic carbocycles. The average Bonchev–Trinajstić information content (AvgIpc) is 3.04. The van der Waals surface area contributed by atoms with Crippen LogP contribution in [0.3, 0.4) is 0 Å². The van der Waals surface area contributed by atoms with Crippen molar-refractivity contribution >= 4 is 17.0 Å². The van der Waals surface area contributed by atoms with Gasteiger partial charge in [0, 0.05) is 30.2 Å². The van der Waals surface area contributed by atoms with Crippen LogP contribution in [0, 0.1) is 0 Å². The Bertz CT molecular complexity index is 776. The van der Waals surface area contributed by atoms with Gasteiger partial charge < -0.3 is 19.7 Å². The molecule has 6 nitrogen and oxygen atoms in total. The van der Waals surface area contributed by atoms with Crippen molar-refractivity contribution in [1.29, 1.82) is 0 Å². The molecule has 1 fully saturated rings. The Morgan fingerprint density at radius 3 is 2.63 bits per heavy atom. The van der Waals surface area contributed by atoms with Crippen LogP contribution in [-0.4, -0.2) is 62.5 Å². The van der Waals surface area contributed by atoms with E-state index in [0.717, 1.165) is 60.9 Å². The number of nitrogens with one attached hydrogen (secondary N) is 1. The number of aromatic nitrogens is 1. The molecule has 0 amide bonds. The highest BCUT2D eigenvalue weighted by atomic mass is 16.6. The Labute approximate surface area is 161 Å². The summed E-state index contributed by atoms with van der Waals surface area (Å²) in [6.45, 7) is 0.925. The van der Waals surface area contributed by atoms with Crippen molar-refractivity contribution in [3.8, 4) is 5.75 Å². The van der Waals surface area contributed by atoms with Crippen LogP contribution < -0.4 is 10.1 Å². The molecule has 2 aromatic rings. The van der Waals surface area contributed by atoms with E-state index >= 15 is 0 Å². The van der Waals surface area contributed by atoms with Gasteiger partial charge in [-0.05, 0) is 70.9 Å². The third-order valence-corrected chi connectivity index (χ3v) is 5.47. The molecule has 0 spiro atoms. The van der Waals surface area contributed by atoms with Gasteiger partial charge in [0.1, 0.15) is 11.9 Å². The molecule has 148 valence electrons. The standard InChI is InChI=1S/C21H31N3O3/c1-22-16-5-7-17(8-6-16)27-21(25)24-14-15(11-12-23(2)3)19-10-9-18(26-4)13-20(19)24/h9-10,13-14,16-17,22H,5-8,11-12H2,1-4H3. The maximum Gasteiger partial charge on any atom is 0.418 e. The highest BCUT2D eigenvalue weighted by molar-refractivity contribution is 5.92. The predicted octanol–water partition coefficient (Wildman–Crippen LogP) is 3.27. The Kier molecular flexibility index (Phi) is 6.39. The number of carbonyl (C=O) groups excluding carboxylic acids is 1. The summed E-state index contributed by atoms with van der Waals surface area (Å²) < 4.78 is 12.8. The molecule has 1 aromatic heterocycles. The number of hydrogen-bond donors (Lipinski definition) is 1. The molecule has 3 rings (SSSR count). The summed E-state index contributed by atoms with van der Waals surface area (Å²) in [6, 6.07) is 6.42. The quantitative estimate of drug-likeness (QED) is 0.842. The van der Waals surface area contributed by atoms with Gasteiger partial charge in [0.2, 0.25) is 0 Å². The summed E-state index contributed by atoms with van der Waals surface area (Å²) in [6.07, 6.45) is 6.41. The number of rotatable bonds is 6.